The first-order chi connectivity index (χ1) is 14.0. The van der Waals surface area contributed by atoms with Gasteiger partial charge < -0.3 is 9.47 Å². The van der Waals surface area contributed by atoms with E-state index in [0.29, 0.717) is 22.2 Å². The zero-order valence-corrected chi connectivity index (χ0v) is 18.8. The molecule has 0 spiro atoms. The smallest absolute Gasteiger partial charge is 0.305 e. The van der Waals surface area contributed by atoms with Crippen molar-refractivity contribution in [2.75, 3.05) is 20.3 Å². The summed E-state index contributed by atoms with van der Waals surface area (Å²) < 4.78 is 10.9. The Kier molecular flexibility index (Phi) is 10.2. The van der Waals surface area contributed by atoms with E-state index in [0.717, 1.165) is 43.6 Å². The summed E-state index contributed by atoms with van der Waals surface area (Å²) in [5, 5.41) is 0. The lowest BCUT2D eigenvalue weighted by Crippen LogP contribution is -2.29. The topological polar surface area (TPSA) is 55.8 Å². The number of carbonyl (C=O) groups is 2. The number of thioether (sulfide) groups is 1. The van der Waals surface area contributed by atoms with Gasteiger partial charge in [-0.05, 0) is 43.0 Å². The molecule has 1 aromatic carbocycles. The number of carbonyl (C=O) groups excluding carboxylic acids is 2. The molecule has 1 aromatic rings. The van der Waals surface area contributed by atoms with Crippen molar-refractivity contribution in [1.82, 2.24) is 4.90 Å². The van der Waals surface area contributed by atoms with Crippen LogP contribution in [0, 0.1) is 0 Å². The van der Waals surface area contributed by atoms with Crippen molar-refractivity contribution >= 4 is 46.3 Å². The number of hydrogen-bond acceptors (Lipinski definition) is 6. The zero-order valence-electron chi connectivity index (χ0n) is 17.1. The van der Waals surface area contributed by atoms with E-state index in [1.807, 2.05) is 30.3 Å². The summed E-state index contributed by atoms with van der Waals surface area (Å²) in [5.74, 6) is 0.599. The highest BCUT2D eigenvalue weighted by atomic mass is 32.2. The molecule has 158 valence electrons. The molecule has 5 nitrogen and oxygen atoms in total. The fraction of sp³-hybridized carbons (Fsp3) is 0.500. The first kappa shape index (κ1) is 23.4. The van der Waals surface area contributed by atoms with Gasteiger partial charge in [-0.15, -0.1) is 0 Å². The first-order valence-corrected chi connectivity index (χ1v) is 11.3. The molecule has 1 saturated heterocycles. The summed E-state index contributed by atoms with van der Waals surface area (Å²) in [6, 6.07) is 7.77. The van der Waals surface area contributed by atoms with Crippen molar-refractivity contribution in [2.24, 2.45) is 0 Å². The molecule has 1 aliphatic heterocycles. The van der Waals surface area contributed by atoms with Gasteiger partial charge in [0.25, 0.3) is 5.91 Å². The molecule has 2 rings (SSSR count). The summed E-state index contributed by atoms with van der Waals surface area (Å²) in [6.07, 6.45) is 8.10. The number of rotatable bonds is 12. The Hall–Kier alpha value is -1.86. The number of hydrogen-bond donors (Lipinski definition) is 0. The predicted octanol–water partition coefficient (Wildman–Crippen LogP) is 5.19. The fourth-order valence-electron chi connectivity index (χ4n) is 2.86. The number of esters is 1. The molecule has 1 aliphatic rings. The molecule has 0 radical (unpaired) electrons. The maximum Gasteiger partial charge on any atom is 0.305 e. The quantitative estimate of drug-likeness (QED) is 0.195. The lowest BCUT2D eigenvalue weighted by atomic mass is 10.2. The lowest BCUT2D eigenvalue weighted by molar-refractivity contribution is -0.140. The maximum absolute atomic E-state index is 12.7. The van der Waals surface area contributed by atoms with Crippen molar-refractivity contribution in [2.45, 2.75) is 51.9 Å². The van der Waals surface area contributed by atoms with Gasteiger partial charge >= 0.3 is 5.97 Å². The second-order valence-electron chi connectivity index (χ2n) is 6.84. The number of nitrogens with zero attached hydrogens (tertiary/aromatic N) is 1. The minimum absolute atomic E-state index is 0.0483. The molecule has 0 bridgehead atoms. The molecule has 1 heterocycles. The number of unbranched alkanes of at least 4 members (excludes halogenated alkanes) is 4. The predicted molar refractivity (Wildman–Crippen MR) is 122 cm³/mol. The molecule has 0 unspecified atom stereocenters. The number of benzene rings is 1. The van der Waals surface area contributed by atoms with E-state index in [9.17, 15) is 9.59 Å². The van der Waals surface area contributed by atoms with Crippen LogP contribution >= 0.6 is 24.0 Å². The van der Waals surface area contributed by atoms with Gasteiger partial charge in [0.2, 0.25) is 0 Å². The number of methoxy groups -OCH3 is 1. The van der Waals surface area contributed by atoms with E-state index in [2.05, 4.69) is 11.7 Å². The standard InChI is InChI=1S/C22H29NO4S2/c1-3-4-8-15-27-18-12-10-17(11-13-18)16-19-21(25)23(22(28)29-19)14-7-5-6-9-20(24)26-2/h10-13,16H,3-9,14-15H2,1-2H3/b19-16-. The Morgan fingerprint density at radius 2 is 1.90 bits per heavy atom. The van der Waals surface area contributed by atoms with Crippen LogP contribution in [0.5, 0.6) is 5.75 Å². The molecular formula is C22H29NO4S2. The number of ether oxygens (including phenoxy) is 2. The first-order valence-electron chi connectivity index (χ1n) is 10.1. The number of thiocarbonyl (C=S) groups is 1. The molecule has 1 fully saturated rings. The highest BCUT2D eigenvalue weighted by Crippen LogP contribution is 2.33. The average Bonchev–Trinajstić information content (AvgIpc) is 2.99. The van der Waals surface area contributed by atoms with E-state index in [1.54, 1.807) is 4.90 Å². The second-order valence-corrected chi connectivity index (χ2v) is 8.52. The number of amides is 1. The fourth-order valence-corrected chi connectivity index (χ4v) is 4.17. The summed E-state index contributed by atoms with van der Waals surface area (Å²) in [6.45, 7) is 3.47. The Morgan fingerprint density at radius 1 is 1.14 bits per heavy atom. The van der Waals surface area contributed by atoms with Crippen LogP contribution < -0.4 is 4.74 Å². The van der Waals surface area contributed by atoms with Crippen molar-refractivity contribution in [3.63, 3.8) is 0 Å². The van der Waals surface area contributed by atoms with Gasteiger partial charge in [-0.3, -0.25) is 14.5 Å². The van der Waals surface area contributed by atoms with Crippen LogP contribution in [0.25, 0.3) is 6.08 Å². The van der Waals surface area contributed by atoms with Crippen LogP contribution in [0.1, 0.15) is 57.4 Å². The zero-order chi connectivity index (χ0) is 21.1. The van der Waals surface area contributed by atoms with Crippen LogP contribution in [0.15, 0.2) is 29.2 Å². The molecule has 0 aliphatic carbocycles. The van der Waals surface area contributed by atoms with Crippen LogP contribution in [-0.4, -0.2) is 41.4 Å². The lowest BCUT2D eigenvalue weighted by Gasteiger charge is -2.13. The van der Waals surface area contributed by atoms with Gasteiger partial charge in [-0.25, -0.2) is 0 Å². The molecule has 29 heavy (non-hydrogen) atoms. The summed E-state index contributed by atoms with van der Waals surface area (Å²) in [5.41, 5.74) is 0.949. The molecule has 0 aromatic heterocycles. The van der Waals surface area contributed by atoms with Crippen LogP contribution in [-0.2, 0) is 14.3 Å². The van der Waals surface area contributed by atoms with Gasteiger partial charge in [0, 0.05) is 13.0 Å². The molecule has 0 atom stereocenters. The van der Waals surface area contributed by atoms with Crippen LogP contribution in [0.2, 0.25) is 0 Å². The summed E-state index contributed by atoms with van der Waals surface area (Å²) in [7, 11) is 1.39. The normalized spacial score (nSPS) is 15.2. The van der Waals surface area contributed by atoms with Gasteiger partial charge in [-0.2, -0.15) is 0 Å². The molecule has 7 heteroatoms. The third kappa shape index (κ3) is 7.82. The average molecular weight is 436 g/mol. The maximum atomic E-state index is 12.7. The minimum Gasteiger partial charge on any atom is -0.494 e. The minimum atomic E-state index is -0.198. The van der Waals surface area contributed by atoms with Crippen molar-refractivity contribution in [1.29, 1.82) is 0 Å². The van der Waals surface area contributed by atoms with E-state index in [1.165, 1.54) is 31.7 Å². The second kappa shape index (κ2) is 12.6. The van der Waals surface area contributed by atoms with Crippen LogP contribution in [0.3, 0.4) is 0 Å². The van der Waals surface area contributed by atoms with Gasteiger partial charge in [0.05, 0.1) is 18.6 Å². The van der Waals surface area contributed by atoms with E-state index >= 15 is 0 Å². The van der Waals surface area contributed by atoms with Crippen LogP contribution in [0.4, 0.5) is 0 Å². The van der Waals surface area contributed by atoms with Crippen molar-refractivity contribution in [3.05, 3.63) is 34.7 Å². The van der Waals surface area contributed by atoms with Gasteiger partial charge in [0.15, 0.2) is 0 Å². The van der Waals surface area contributed by atoms with Crippen molar-refractivity contribution < 1.29 is 19.1 Å². The highest BCUT2D eigenvalue weighted by Gasteiger charge is 2.31. The van der Waals surface area contributed by atoms with Gasteiger partial charge in [-0.1, -0.05) is 62.3 Å². The third-order valence-corrected chi connectivity index (χ3v) is 5.94. The van der Waals surface area contributed by atoms with E-state index in [-0.39, 0.29) is 11.9 Å². The Morgan fingerprint density at radius 3 is 2.59 bits per heavy atom. The monoisotopic (exact) mass is 435 g/mol. The van der Waals surface area contributed by atoms with E-state index in [4.69, 9.17) is 17.0 Å². The third-order valence-electron chi connectivity index (χ3n) is 4.56. The molecule has 1 amide bonds. The van der Waals surface area contributed by atoms with E-state index < -0.39 is 0 Å². The Labute approximate surface area is 182 Å². The molecule has 0 N–H and O–H groups in total. The SMILES string of the molecule is CCCCCOc1ccc(/C=C2\SC(=S)N(CCCCCC(=O)OC)C2=O)cc1. The highest BCUT2D eigenvalue weighted by molar-refractivity contribution is 8.26. The Balaban J connectivity index is 1.83. The summed E-state index contributed by atoms with van der Waals surface area (Å²) in [4.78, 5) is 26.1. The molecule has 0 saturated carbocycles. The largest absolute Gasteiger partial charge is 0.494 e. The van der Waals surface area contributed by atoms with Gasteiger partial charge in [0.1, 0.15) is 10.1 Å². The summed E-state index contributed by atoms with van der Waals surface area (Å²) >= 11 is 6.71. The Bertz CT molecular complexity index is 731. The molecular weight excluding hydrogens is 406 g/mol. The van der Waals surface area contributed by atoms with Crippen molar-refractivity contribution in [3.8, 4) is 5.75 Å².